The molecule has 3 N–H and O–H groups in total. The first-order chi connectivity index (χ1) is 14.2. The number of allylic oxidation sites excluding steroid dienone is 1. The molecule has 1 aliphatic heterocycles. The highest BCUT2D eigenvalue weighted by atomic mass is 16.6. The normalized spacial score (nSPS) is 22.8. The van der Waals surface area contributed by atoms with Crippen LogP contribution in [-0.4, -0.2) is 59.6 Å². The Morgan fingerprint density at radius 3 is 1.83 bits per heavy atom. The SMILES string of the molecule is C=CCCCCCCCCCCCCCCCCO[C@@H]1CO[C@@H]([C@@H](O)CO)[C@H]1O. The predicted octanol–water partition coefficient (Wildman–Crippen LogP) is 4.52. The van der Waals surface area contributed by atoms with E-state index in [0.717, 1.165) is 12.8 Å². The Bertz CT molecular complexity index is 376. The standard InChI is InChI=1S/C24H46O5/c1-2-3-4-5-6-7-8-9-10-11-12-13-14-15-16-17-18-28-22-20-29-24(23(22)27)21(26)19-25/h2,21-27H,1,3-20H2/t21-,22+,23-,24-/m0/s1. The fraction of sp³-hybridized carbons (Fsp3) is 0.917. The largest absolute Gasteiger partial charge is 0.394 e. The summed E-state index contributed by atoms with van der Waals surface area (Å²) in [4.78, 5) is 0. The van der Waals surface area contributed by atoms with Crippen LogP contribution in [0, 0.1) is 0 Å². The maximum absolute atomic E-state index is 10.1. The number of unbranched alkanes of at least 4 members (excludes halogenated alkanes) is 14. The molecule has 0 unspecified atom stereocenters. The van der Waals surface area contributed by atoms with Crippen molar-refractivity contribution in [2.75, 3.05) is 19.8 Å². The predicted molar refractivity (Wildman–Crippen MR) is 118 cm³/mol. The molecule has 1 saturated heterocycles. The zero-order valence-electron chi connectivity index (χ0n) is 18.5. The van der Waals surface area contributed by atoms with Gasteiger partial charge in [0.2, 0.25) is 0 Å². The van der Waals surface area contributed by atoms with Crippen LogP contribution in [-0.2, 0) is 9.47 Å². The minimum absolute atomic E-state index is 0.276. The summed E-state index contributed by atoms with van der Waals surface area (Å²) in [5.74, 6) is 0. The number of hydrogen-bond donors (Lipinski definition) is 3. The van der Waals surface area contributed by atoms with Crippen molar-refractivity contribution in [2.45, 2.75) is 121 Å². The monoisotopic (exact) mass is 414 g/mol. The average Bonchev–Trinajstić information content (AvgIpc) is 3.10. The highest BCUT2D eigenvalue weighted by Crippen LogP contribution is 2.20. The number of rotatable bonds is 20. The lowest BCUT2D eigenvalue weighted by Gasteiger charge is -2.20. The van der Waals surface area contributed by atoms with E-state index in [9.17, 15) is 10.2 Å². The molecule has 0 spiro atoms. The topological polar surface area (TPSA) is 79.2 Å². The second kappa shape index (κ2) is 18.3. The fourth-order valence-electron chi connectivity index (χ4n) is 3.95. The van der Waals surface area contributed by atoms with E-state index >= 15 is 0 Å². The maximum Gasteiger partial charge on any atom is 0.114 e. The highest BCUT2D eigenvalue weighted by molar-refractivity contribution is 4.88. The molecule has 5 heteroatoms. The molecule has 4 atom stereocenters. The van der Waals surface area contributed by atoms with E-state index in [4.69, 9.17) is 14.6 Å². The van der Waals surface area contributed by atoms with E-state index in [-0.39, 0.29) is 6.61 Å². The van der Waals surface area contributed by atoms with Gasteiger partial charge >= 0.3 is 0 Å². The molecule has 0 saturated carbocycles. The molecule has 172 valence electrons. The van der Waals surface area contributed by atoms with Gasteiger partial charge in [-0.25, -0.2) is 0 Å². The van der Waals surface area contributed by atoms with Crippen LogP contribution in [0.15, 0.2) is 12.7 Å². The summed E-state index contributed by atoms with van der Waals surface area (Å²) < 4.78 is 11.0. The molecule has 0 amide bonds. The summed E-state index contributed by atoms with van der Waals surface area (Å²) in [6, 6.07) is 0. The van der Waals surface area contributed by atoms with Gasteiger partial charge in [-0.1, -0.05) is 83.1 Å². The third kappa shape index (κ3) is 12.7. The first-order valence-electron chi connectivity index (χ1n) is 12.0. The number of aliphatic hydroxyl groups is 3. The molecule has 1 fully saturated rings. The highest BCUT2D eigenvalue weighted by Gasteiger charge is 2.40. The molecule has 0 aromatic heterocycles. The van der Waals surface area contributed by atoms with Crippen LogP contribution in [0.25, 0.3) is 0 Å². The maximum atomic E-state index is 10.1. The van der Waals surface area contributed by atoms with E-state index in [1.165, 1.54) is 83.5 Å². The Morgan fingerprint density at radius 1 is 0.862 bits per heavy atom. The minimum Gasteiger partial charge on any atom is -0.394 e. The first kappa shape index (κ1) is 26.6. The Hall–Kier alpha value is -0.460. The van der Waals surface area contributed by atoms with Crippen molar-refractivity contribution in [1.82, 2.24) is 0 Å². The molecule has 5 nitrogen and oxygen atoms in total. The summed E-state index contributed by atoms with van der Waals surface area (Å²) in [5.41, 5.74) is 0. The summed E-state index contributed by atoms with van der Waals surface area (Å²) in [6.45, 7) is 4.24. The van der Waals surface area contributed by atoms with Gasteiger partial charge in [-0.15, -0.1) is 6.58 Å². The zero-order chi connectivity index (χ0) is 21.2. The lowest BCUT2D eigenvalue weighted by atomic mass is 10.0. The van der Waals surface area contributed by atoms with Crippen molar-refractivity contribution in [3.05, 3.63) is 12.7 Å². The van der Waals surface area contributed by atoms with Crippen molar-refractivity contribution in [2.24, 2.45) is 0 Å². The smallest absolute Gasteiger partial charge is 0.114 e. The van der Waals surface area contributed by atoms with Crippen LogP contribution in [0.1, 0.15) is 96.3 Å². The molecular weight excluding hydrogens is 368 g/mol. The van der Waals surface area contributed by atoms with Gasteiger partial charge < -0.3 is 24.8 Å². The fourth-order valence-corrected chi connectivity index (χ4v) is 3.95. The van der Waals surface area contributed by atoms with Crippen LogP contribution in [0.3, 0.4) is 0 Å². The van der Waals surface area contributed by atoms with E-state index in [1.807, 2.05) is 6.08 Å². The van der Waals surface area contributed by atoms with Gasteiger partial charge in [0.15, 0.2) is 0 Å². The van der Waals surface area contributed by atoms with Crippen molar-refractivity contribution >= 4 is 0 Å². The minimum atomic E-state index is -1.05. The van der Waals surface area contributed by atoms with Crippen LogP contribution < -0.4 is 0 Å². The van der Waals surface area contributed by atoms with Crippen LogP contribution >= 0.6 is 0 Å². The second-order valence-corrected chi connectivity index (χ2v) is 8.47. The Labute approximate surface area is 178 Å². The third-order valence-corrected chi connectivity index (χ3v) is 5.87. The first-order valence-corrected chi connectivity index (χ1v) is 12.0. The Morgan fingerprint density at radius 2 is 1.34 bits per heavy atom. The zero-order valence-corrected chi connectivity index (χ0v) is 18.5. The van der Waals surface area contributed by atoms with Gasteiger partial charge in [0.25, 0.3) is 0 Å². The number of ether oxygens (including phenoxy) is 2. The van der Waals surface area contributed by atoms with Crippen molar-refractivity contribution in [3.8, 4) is 0 Å². The molecule has 0 aromatic carbocycles. The van der Waals surface area contributed by atoms with Crippen LogP contribution in [0.4, 0.5) is 0 Å². The van der Waals surface area contributed by atoms with Gasteiger partial charge in [-0.05, 0) is 19.3 Å². The van der Waals surface area contributed by atoms with Crippen molar-refractivity contribution < 1.29 is 24.8 Å². The molecule has 0 aliphatic carbocycles. The molecule has 29 heavy (non-hydrogen) atoms. The van der Waals surface area contributed by atoms with E-state index in [0.29, 0.717) is 6.61 Å². The van der Waals surface area contributed by atoms with Crippen molar-refractivity contribution in [3.63, 3.8) is 0 Å². The van der Waals surface area contributed by atoms with Gasteiger partial charge in [-0.3, -0.25) is 0 Å². The molecule has 0 radical (unpaired) electrons. The summed E-state index contributed by atoms with van der Waals surface area (Å²) in [5, 5.41) is 28.6. The van der Waals surface area contributed by atoms with Crippen LogP contribution in [0.2, 0.25) is 0 Å². The lowest BCUT2D eigenvalue weighted by Crippen LogP contribution is -2.41. The molecule has 0 bridgehead atoms. The second-order valence-electron chi connectivity index (χ2n) is 8.47. The number of hydrogen-bond acceptors (Lipinski definition) is 5. The van der Waals surface area contributed by atoms with E-state index in [1.54, 1.807) is 0 Å². The molecular formula is C24H46O5. The van der Waals surface area contributed by atoms with Gasteiger partial charge in [0.1, 0.15) is 24.4 Å². The van der Waals surface area contributed by atoms with Gasteiger partial charge in [0, 0.05) is 6.61 Å². The van der Waals surface area contributed by atoms with Gasteiger partial charge in [0.05, 0.1) is 13.2 Å². The molecule has 0 aromatic rings. The number of aliphatic hydroxyl groups excluding tert-OH is 3. The van der Waals surface area contributed by atoms with Crippen LogP contribution in [0.5, 0.6) is 0 Å². The Kier molecular flexibility index (Phi) is 16.8. The average molecular weight is 415 g/mol. The molecule has 1 rings (SSSR count). The molecule has 1 aliphatic rings. The summed E-state index contributed by atoms with van der Waals surface area (Å²) in [6.07, 6.45) is 18.5. The summed E-state index contributed by atoms with van der Waals surface area (Å²) >= 11 is 0. The molecule has 1 heterocycles. The van der Waals surface area contributed by atoms with Gasteiger partial charge in [-0.2, -0.15) is 0 Å². The third-order valence-electron chi connectivity index (χ3n) is 5.87. The quantitative estimate of drug-likeness (QED) is 0.202. The van der Waals surface area contributed by atoms with E-state index < -0.39 is 31.0 Å². The van der Waals surface area contributed by atoms with Crippen molar-refractivity contribution in [1.29, 1.82) is 0 Å². The summed E-state index contributed by atoms with van der Waals surface area (Å²) in [7, 11) is 0. The van der Waals surface area contributed by atoms with E-state index in [2.05, 4.69) is 6.58 Å². The lowest BCUT2D eigenvalue weighted by molar-refractivity contribution is -0.0730. The Balaban J connectivity index is 1.79.